The molecule has 1 aliphatic carbocycles. The van der Waals surface area contributed by atoms with E-state index in [0.29, 0.717) is 6.61 Å². The highest BCUT2D eigenvalue weighted by Crippen LogP contribution is 2.22. The van der Waals surface area contributed by atoms with E-state index in [-0.39, 0.29) is 29.5 Å². The van der Waals surface area contributed by atoms with Crippen LogP contribution in [-0.4, -0.2) is 71.9 Å². The Bertz CT molecular complexity index is 832. The highest BCUT2D eigenvalue weighted by atomic mass is 16.6. The normalized spacial score (nSPS) is 19.3. The quantitative estimate of drug-likeness (QED) is 0.366. The van der Waals surface area contributed by atoms with E-state index in [9.17, 15) is 9.59 Å². The molecule has 0 radical (unpaired) electrons. The molecule has 1 heterocycles. The van der Waals surface area contributed by atoms with Crippen molar-refractivity contribution < 1.29 is 24.2 Å². The van der Waals surface area contributed by atoms with Gasteiger partial charge in [0.1, 0.15) is 18.8 Å². The third kappa shape index (κ3) is 9.84. The van der Waals surface area contributed by atoms with Crippen molar-refractivity contribution in [3.05, 3.63) is 41.5 Å². The molecule has 1 saturated carbocycles. The molecule has 2 aliphatic rings. The van der Waals surface area contributed by atoms with Crippen molar-refractivity contribution in [1.82, 2.24) is 10.2 Å². The zero-order chi connectivity index (χ0) is 25.3. The van der Waals surface area contributed by atoms with Crippen LogP contribution in [0, 0.1) is 0 Å². The van der Waals surface area contributed by atoms with Gasteiger partial charge in [-0.05, 0) is 89.6 Å². The van der Waals surface area contributed by atoms with Crippen molar-refractivity contribution in [1.29, 1.82) is 0 Å². The summed E-state index contributed by atoms with van der Waals surface area (Å²) in [5.41, 5.74) is 1.85. The maximum atomic E-state index is 12.9. The van der Waals surface area contributed by atoms with Gasteiger partial charge in [-0.1, -0.05) is 30.3 Å². The SMILES string of the molecule is CC(C)(C)OC[C@H](NC1CCN(Cc2ccc(/C=C/C(=O)CO)cc2)CC1)C(=O)OC1CCCC1. The molecule has 1 aliphatic heterocycles. The standard InChI is InChI=1S/C28H42N2O5/c1-28(2,3)34-20-26(27(33)35-25-6-4-5-7-25)29-23-14-16-30(17-15-23)18-22-10-8-21(9-11-22)12-13-24(32)19-31/h8-13,23,25-26,29,31H,4-7,14-20H2,1-3H3/b13-12+/t26-/m0/s1. The Morgan fingerprint density at radius 2 is 1.77 bits per heavy atom. The number of aliphatic hydroxyl groups excluding tert-OH is 1. The van der Waals surface area contributed by atoms with E-state index in [1.165, 1.54) is 11.6 Å². The van der Waals surface area contributed by atoms with Crippen LogP contribution in [0.2, 0.25) is 0 Å². The van der Waals surface area contributed by atoms with Crippen LogP contribution in [0.3, 0.4) is 0 Å². The first-order valence-corrected chi connectivity index (χ1v) is 13.0. The second kappa shape index (κ2) is 13.3. The van der Waals surface area contributed by atoms with E-state index in [2.05, 4.69) is 22.3 Å². The lowest BCUT2D eigenvalue weighted by molar-refractivity contribution is -0.155. The minimum atomic E-state index is -0.467. The Morgan fingerprint density at radius 3 is 2.37 bits per heavy atom. The number of ketones is 1. The van der Waals surface area contributed by atoms with Crippen molar-refractivity contribution in [3.63, 3.8) is 0 Å². The van der Waals surface area contributed by atoms with Gasteiger partial charge in [-0.15, -0.1) is 0 Å². The van der Waals surface area contributed by atoms with Crippen LogP contribution >= 0.6 is 0 Å². The highest BCUT2D eigenvalue weighted by Gasteiger charge is 2.30. The highest BCUT2D eigenvalue weighted by molar-refractivity contribution is 5.94. The molecule has 0 bridgehead atoms. The Balaban J connectivity index is 1.47. The molecule has 0 amide bonds. The van der Waals surface area contributed by atoms with Crippen molar-refractivity contribution in [3.8, 4) is 0 Å². The predicted molar refractivity (Wildman–Crippen MR) is 137 cm³/mol. The fourth-order valence-electron chi connectivity index (χ4n) is 4.55. The van der Waals surface area contributed by atoms with Crippen molar-refractivity contribution in [2.24, 2.45) is 0 Å². The number of hydrogen-bond acceptors (Lipinski definition) is 7. The molecule has 3 rings (SSSR count). The molecule has 1 aromatic rings. The maximum absolute atomic E-state index is 12.9. The third-order valence-electron chi connectivity index (χ3n) is 6.58. The summed E-state index contributed by atoms with van der Waals surface area (Å²) in [6.07, 6.45) is 9.31. The first-order valence-electron chi connectivity index (χ1n) is 13.0. The number of carbonyl (C=O) groups excluding carboxylic acids is 2. The fraction of sp³-hybridized carbons (Fsp3) is 0.643. The van der Waals surface area contributed by atoms with Crippen molar-refractivity contribution >= 4 is 17.8 Å². The number of benzene rings is 1. The number of hydrogen-bond donors (Lipinski definition) is 2. The molecule has 194 valence electrons. The summed E-state index contributed by atoms with van der Waals surface area (Å²) in [6.45, 7) is 8.63. The molecule has 2 fully saturated rings. The van der Waals surface area contributed by atoms with E-state index in [4.69, 9.17) is 14.6 Å². The molecule has 0 unspecified atom stereocenters. The lowest BCUT2D eigenvalue weighted by Gasteiger charge is -2.35. The first kappa shape index (κ1) is 27.5. The van der Waals surface area contributed by atoms with Gasteiger partial charge in [0.2, 0.25) is 0 Å². The smallest absolute Gasteiger partial charge is 0.325 e. The summed E-state index contributed by atoms with van der Waals surface area (Å²) >= 11 is 0. The van der Waals surface area contributed by atoms with Gasteiger partial charge >= 0.3 is 5.97 Å². The Labute approximate surface area is 209 Å². The molecular weight excluding hydrogens is 444 g/mol. The summed E-state index contributed by atoms with van der Waals surface area (Å²) in [4.78, 5) is 26.6. The molecular formula is C28H42N2O5. The molecule has 1 saturated heterocycles. The van der Waals surface area contributed by atoms with E-state index in [1.54, 1.807) is 6.08 Å². The molecule has 35 heavy (non-hydrogen) atoms. The minimum absolute atomic E-state index is 0.0559. The number of ether oxygens (including phenoxy) is 2. The largest absolute Gasteiger partial charge is 0.461 e. The number of rotatable bonds is 11. The molecule has 7 nitrogen and oxygen atoms in total. The Kier molecular flexibility index (Phi) is 10.5. The molecule has 0 aromatic heterocycles. The Morgan fingerprint density at radius 1 is 1.11 bits per heavy atom. The van der Waals surface area contributed by atoms with Gasteiger partial charge in [-0.3, -0.25) is 19.8 Å². The van der Waals surface area contributed by atoms with Crippen molar-refractivity contribution in [2.75, 3.05) is 26.3 Å². The van der Waals surface area contributed by atoms with Gasteiger partial charge in [0.15, 0.2) is 5.78 Å². The van der Waals surface area contributed by atoms with Crippen LogP contribution in [0.15, 0.2) is 30.3 Å². The van der Waals surface area contributed by atoms with Gasteiger partial charge in [0, 0.05) is 12.6 Å². The summed E-state index contributed by atoms with van der Waals surface area (Å²) in [7, 11) is 0. The number of carbonyl (C=O) groups is 2. The van der Waals surface area contributed by atoms with E-state index >= 15 is 0 Å². The fourth-order valence-corrected chi connectivity index (χ4v) is 4.55. The van der Waals surface area contributed by atoms with Crippen LogP contribution < -0.4 is 5.32 Å². The van der Waals surface area contributed by atoms with Gasteiger partial charge in [-0.25, -0.2) is 0 Å². The molecule has 0 spiro atoms. The van der Waals surface area contributed by atoms with Crippen LogP contribution in [0.25, 0.3) is 6.08 Å². The van der Waals surface area contributed by atoms with E-state index in [1.807, 2.05) is 32.9 Å². The summed E-state index contributed by atoms with van der Waals surface area (Å²) in [5, 5.41) is 12.4. The number of nitrogens with zero attached hydrogens (tertiary/aromatic N) is 1. The Hall–Kier alpha value is -2.06. The van der Waals surface area contributed by atoms with Crippen LogP contribution in [0.1, 0.15) is 70.4 Å². The monoisotopic (exact) mass is 486 g/mol. The van der Waals surface area contributed by atoms with Gasteiger partial charge in [-0.2, -0.15) is 0 Å². The number of piperidine rings is 1. The van der Waals surface area contributed by atoms with Gasteiger partial charge in [0.05, 0.1) is 12.2 Å². The average molecular weight is 487 g/mol. The topological polar surface area (TPSA) is 88.1 Å². The summed E-state index contributed by atoms with van der Waals surface area (Å²) in [5.74, 6) is -0.483. The van der Waals surface area contributed by atoms with Crippen LogP contribution in [0.4, 0.5) is 0 Å². The number of esters is 1. The van der Waals surface area contributed by atoms with Crippen LogP contribution in [-0.2, 0) is 25.6 Å². The molecule has 2 N–H and O–H groups in total. The van der Waals surface area contributed by atoms with E-state index in [0.717, 1.165) is 63.7 Å². The predicted octanol–water partition coefficient (Wildman–Crippen LogP) is 3.48. The zero-order valence-electron chi connectivity index (χ0n) is 21.5. The minimum Gasteiger partial charge on any atom is -0.461 e. The van der Waals surface area contributed by atoms with E-state index < -0.39 is 12.6 Å². The third-order valence-corrected chi connectivity index (χ3v) is 6.58. The zero-order valence-corrected chi connectivity index (χ0v) is 21.5. The molecule has 1 atom stereocenters. The first-order chi connectivity index (χ1) is 16.7. The number of aliphatic hydroxyl groups is 1. The number of nitrogens with one attached hydrogen (secondary N) is 1. The second-order valence-corrected chi connectivity index (χ2v) is 10.7. The average Bonchev–Trinajstić information content (AvgIpc) is 3.34. The van der Waals surface area contributed by atoms with Crippen LogP contribution in [0.5, 0.6) is 0 Å². The summed E-state index contributed by atoms with van der Waals surface area (Å²) in [6, 6.07) is 7.94. The summed E-state index contributed by atoms with van der Waals surface area (Å²) < 4.78 is 11.8. The number of likely N-dealkylation sites (tertiary alicyclic amines) is 1. The molecule has 7 heteroatoms. The van der Waals surface area contributed by atoms with Gasteiger partial charge in [0.25, 0.3) is 0 Å². The van der Waals surface area contributed by atoms with Crippen molar-refractivity contribution in [2.45, 2.75) is 89.6 Å². The lowest BCUT2D eigenvalue weighted by atomic mass is 10.0. The maximum Gasteiger partial charge on any atom is 0.325 e. The van der Waals surface area contributed by atoms with Gasteiger partial charge < -0.3 is 14.6 Å². The second-order valence-electron chi connectivity index (χ2n) is 10.7. The lowest BCUT2D eigenvalue weighted by Crippen LogP contribution is -2.52. The molecule has 1 aromatic carbocycles.